The molecule has 0 aliphatic carbocycles. The maximum absolute atomic E-state index is 13.6. The Kier molecular flexibility index (Phi) is 5.49. The molecular formula is C19H16F3N3O5. The largest absolute Gasteiger partial charge is 0.497 e. The topological polar surface area (TPSA) is 105 Å². The normalized spacial score (nSPS) is 18.8. The van der Waals surface area contributed by atoms with Gasteiger partial charge >= 0.3 is 6.18 Å². The zero-order valence-corrected chi connectivity index (χ0v) is 15.6. The number of nitrogens with zero attached hydrogens (tertiary/aromatic N) is 3. The van der Waals surface area contributed by atoms with E-state index in [0.29, 0.717) is 11.3 Å². The average Bonchev–Trinajstić information content (AvgIpc) is 3.07. The van der Waals surface area contributed by atoms with Crippen LogP contribution in [0.15, 0.2) is 53.6 Å². The van der Waals surface area contributed by atoms with Gasteiger partial charge in [-0.15, -0.1) is 0 Å². The third-order valence-electron chi connectivity index (χ3n) is 4.60. The van der Waals surface area contributed by atoms with Crippen LogP contribution in [0, 0.1) is 10.1 Å². The van der Waals surface area contributed by atoms with E-state index < -0.39 is 35.6 Å². The van der Waals surface area contributed by atoms with Crippen LogP contribution in [-0.2, 0) is 11.2 Å². The van der Waals surface area contributed by atoms with Crippen molar-refractivity contribution in [1.29, 1.82) is 0 Å². The molecule has 0 saturated heterocycles. The molecule has 0 fully saturated rings. The number of nitro groups is 1. The number of halogens is 3. The van der Waals surface area contributed by atoms with Gasteiger partial charge in [0.1, 0.15) is 5.75 Å². The number of ether oxygens (including phenoxy) is 1. The van der Waals surface area contributed by atoms with E-state index in [1.807, 2.05) is 0 Å². The number of carbonyl (C=O) groups excluding carboxylic acids is 1. The van der Waals surface area contributed by atoms with Gasteiger partial charge in [-0.25, -0.2) is 0 Å². The molecule has 0 saturated carbocycles. The number of aliphatic hydroxyl groups is 1. The Morgan fingerprint density at radius 1 is 1.23 bits per heavy atom. The summed E-state index contributed by atoms with van der Waals surface area (Å²) in [7, 11) is 1.43. The molecule has 158 valence electrons. The predicted molar refractivity (Wildman–Crippen MR) is 98.8 cm³/mol. The fourth-order valence-electron chi connectivity index (χ4n) is 2.96. The number of hydrazone groups is 1. The highest BCUT2D eigenvalue weighted by Gasteiger charge is 2.63. The third kappa shape index (κ3) is 3.96. The van der Waals surface area contributed by atoms with Gasteiger partial charge in [0.25, 0.3) is 11.4 Å². The van der Waals surface area contributed by atoms with Gasteiger partial charge in [-0.3, -0.25) is 14.9 Å². The number of alkyl halides is 3. The van der Waals surface area contributed by atoms with Crippen LogP contribution in [0.1, 0.15) is 17.5 Å². The molecule has 0 aromatic heterocycles. The number of non-ortho nitro benzene ring substituents is 1. The summed E-state index contributed by atoms with van der Waals surface area (Å²) < 4.78 is 45.9. The lowest BCUT2D eigenvalue weighted by atomic mass is 10.0. The molecule has 11 heteroatoms. The Morgan fingerprint density at radius 2 is 1.83 bits per heavy atom. The van der Waals surface area contributed by atoms with Crippen LogP contribution in [0.4, 0.5) is 18.9 Å². The quantitative estimate of drug-likeness (QED) is 0.588. The van der Waals surface area contributed by atoms with Crippen molar-refractivity contribution in [3.63, 3.8) is 0 Å². The summed E-state index contributed by atoms with van der Waals surface area (Å²) in [5.41, 5.74) is -3.30. The van der Waals surface area contributed by atoms with Gasteiger partial charge in [0.2, 0.25) is 5.91 Å². The van der Waals surface area contributed by atoms with Crippen LogP contribution in [0.2, 0.25) is 0 Å². The van der Waals surface area contributed by atoms with E-state index in [1.165, 1.54) is 43.5 Å². The molecule has 0 unspecified atom stereocenters. The number of amides is 1. The van der Waals surface area contributed by atoms with Crippen LogP contribution in [0.25, 0.3) is 0 Å². The first-order valence-electron chi connectivity index (χ1n) is 8.62. The maximum Gasteiger partial charge on any atom is 0.438 e. The van der Waals surface area contributed by atoms with Gasteiger partial charge in [0.05, 0.1) is 30.6 Å². The zero-order chi connectivity index (χ0) is 22.1. The lowest BCUT2D eigenvalue weighted by molar-refractivity contribution is -0.384. The SMILES string of the molecule is COc1ccc(C2=NN(C(=O)Cc3ccc([N+](=O)[O-])cc3)[C@@](O)(C(F)(F)F)C2)cc1. The van der Waals surface area contributed by atoms with Crippen molar-refractivity contribution < 1.29 is 32.7 Å². The first-order chi connectivity index (χ1) is 14.0. The van der Waals surface area contributed by atoms with Crippen molar-refractivity contribution in [2.45, 2.75) is 24.7 Å². The number of benzene rings is 2. The number of nitro benzene ring substituents is 1. The van der Waals surface area contributed by atoms with Gasteiger partial charge in [0, 0.05) is 12.1 Å². The fraction of sp³-hybridized carbons (Fsp3) is 0.263. The number of hydrogen-bond donors (Lipinski definition) is 1. The van der Waals surface area contributed by atoms with E-state index >= 15 is 0 Å². The van der Waals surface area contributed by atoms with Crippen molar-refractivity contribution >= 4 is 17.3 Å². The van der Waals surface area contributed by atoms with Crippen molar-refractivity contribution in [1.82, 2.24) is 5.01 Å². The summed E-state index contributed by atoms with van der Waals surface area (Å²) >= 11 is 0. The van der Waals surface area contributed by atoms with Gasteiger partial charge in [-0.05, 0) is 35.4 Å². The minimum Gasteiger partial charge on any atom is -0.497 e. The molecule has 1 aliphatic heterocycles. The number of hydrogen-bond acceptors (Lipinski definition) is 6. The Morgan fingerprint density at radius 3 is 2.33 bits per heavy atom. The second-order valence-corrected chi connectivity index (χ2v) is 6.57. The molecule has 8 nitrogen and oxygen atoms in total. The summed E-state index contributed by atoms with van der Waals surface area (Å²) in [6.45, 7) is 0. The number of rotatable bonds is 5. The van der Waals surface area contributed by atoms with E-state index in [-0.39, 0.29) is 22.0 Å². The van der Waals surface area contributed by atoms with Crippen LogP contribution in [0.3, 0.4) is 0 Å². The van der Waals surface area contributed by atoms with Crippen LogP contribution >= 0.6 is 0 Å². The summed E-state index contributed by atoms with van der Waals surface area (Å²) in [6, 6.07) is 10.8. The molecule has 2 aromatic carbocycles. The first-order valence-corrected chi connectivity index (χ1v) is 8.62. The van der Waals surface area contributed by atoms with Crippen molar-refractivity contribution in [2.75, 3.05) is 7.11 Å². The monoisotopic (exact) mass is 423 g/mol. The van der Waals surface area contributed by atoms with Gasteiger partial charge in [-0.2, -0.15) is 23.3 Å². The van der Waals surface area contributed by atoms with Crippen molar-refractivity contribution in [3.05, 3.63) is 69.8 Å². The minimum absolute atomic E-state index is 0.0357. The van der Waals surface area contributed by atoms with Gasteiger partial charge < -0.3 is 9.84 Å². The lowest BCUT2D eigenvalue weighted by Crippen LogP contribution is -2.57. The lowest BCUT2D eigenvalue weighted by Gasteiger charge is -2.32. The standard InChI is InChI=1S/C19H16F3N3O5/c1-30-15-8-4-13(5-9-15)16-11-18(27,19(20,21)22)24(23-16)17(26)10-12-2-6-14(7-3-12)25(28)29/h2-9,27H,10-11H2,1H3/t18-/m0/s1. The van der Waals surface area contributed by atoms with E-state index in [1.54, 1.807) is 0 Å². The van der Waals surface area contributed by atoms with Gasteiger partial charge in [0.15, 0.2) is 0 Å². The predicted octanol–water partition coefficient (Wildman–Crippen LogP) is 3.03. The molecule has 3 rings (SSSR count). The van der Waals surface area contributed by atoms with E-state index in [9.17, 15) is 33.2 Å². The molecule has 30 heavy (non-hydrogen) atoms. The van der Waals surface area contributed by atoms with Crippen LogP contribution in [-0.4, -0.2) is 45.7 Å². The van der Waals surface area contributed by atoms with Crippen molar-refractivity contribution in [3.8, 4) is 5.75 Å². The average molecular weight is 423 g/mol. The maximum atomic E-state index is 13.6. The van der Waals surface area contributed by atoms with Gasteiger partial charge in [-0.1, -0.05) is 12.1 Å². The molecule has 1 amide bonds. The number of methoxy groups -OCH3 is 1. The molecular weight excluding hydrogens is 407 g/mol. The Hall–Kier alpha value is -3.47. The number of carbonyl (C=O) groups is 1. The molecule has 1 heterocycles. The first kappa shape index (κ1) is 21.2. The second-order valence-electron chi connectivity index (χ2n) is 6.57. The van der Waals surface area contributed by atoms with Crippen LogP contribution < -0.4 is 4.74 Å². The molecule has 1 atom stereocenters. The second kappa shape index (κ2) is 7.75. The van der Waals surface area contributed by atoms with E-state index in [2.05, 4.69) is 5.10 Å². The molecule has 0 radical (unpaired) electrons. The van der Waals surface area contributed by atoms with E-state index in [0.717, 1.165) is 12.1 Å². The highest BCUT2D eigenvalue weighted by Crippen LogP contribution is 2.41. The van der Waals surface area contributed by atoms with Crippen LogP contribution in [0.5, 0.6) is 5.75 Å². The van der Waals surface area contributed by atoms with E-state index in [4.69, 9.17) is 4.74 Å². The summed E-state index contributed by atoms with van der Waals surface area (Å²) in [4.78, 5) is 22.6. The highest BCUT2D eigenvalue weighted by molar-refractivity contribution is 6.03. The summed E-state index contributed by atoms with van der Waals surface area (Å²) in [5.74, 6) is -0.623. The molecule has 1 aliphatic rings. The smallest absolute Gasteiger partial charge is 0.438 e. The Bertz CT molecular complexity index is 990. The molecule has 2 aromatic rings. The summed E-state index contributed by atoms with van der Waals surface area (Å²) in [6.07, 6.45) is -6.62. The molecule has 0 spiro atoms. The Labute approximate surface area is 168 Å². The fourth-order valence-corrected chi connectivity index (χ4v) is 2.96. The molecule has 0 bridgehead atoms. The Balaban J connectivity index is 1.90. The highest BCUT2D eigenvalue weighted by atomic mass is 19.4. The minimum atomic E-state index is -5.16. The summed E-state index contributed by atoms with van der Waals surface area (Å²) in [5, 5.41) is 24.8. The molecule has 1 N–H and O–H groups in total. The zero-order valence-electron chi connectivity index (χ0n) is 15.6. The van der Waals surface area contributed by atoms with Crippen molar-refractivity contribution in [2.24, 2.45) is 5.10 Å². The third-order valence-corrected chi connectivity index (χ3v) is 4.60.